The van der Waals surface area contributed by atoms with Gasteiger partial charge in [-0.1, -0.05) is 178 Å². The fourth-order valence-corrected chi connectivity index (χ4v) is 9.11. The minimum Gasteiger partial charge on any atom is -0.658 e. The van der Waals surface area contributed by atoms with Crippen LogP contribution >= 0.6 is 7.14 Å². The van der Waals surface area contributed by atoms with Gasteiger partial charge >= 0.3 is 22.4 Å². The van der Waals surface area contributed by atoms with E-state index in [2.05, 4.69) is 80.7 Å². The third-order valence-electron chi connectivity index (χ3n) is 9.65. The summed E-state index contributed by atoms with van der Waals surface area (Å²) >= 11 is 0. The van der Waals surface area contributed by atoms with E-state index >= 15 is 0 Å². The maximum absolute atomic E-state index is 14.9. The van der Waals surface area contributed by atoms with E-state index in [4.69, 9.17) is 9.72 Å². The predicted octanol–water partition coefficient (Wildman–Crippen LogP) is 12.6. The molecule has 0 atom stereocenters. The minimum atomic E-state index is -3.06. The van der Waals surface area contributed by atoms with Gasteiger partial charge in [0.15, 0.2) is 7.14 Å². The Kier molecular flexibility index (Phi) is 13.8. The van der Waals surface area contributed by atoms with Crippen LogP contribution in [0.5, 0.6) is 5.75 Å². The second-order valence-electron chi connectivity index (χ2n) is 14.6. The molecule has 0 saturated carbocycles. The Morgan fingerprint density at radius 2 is 0.983 bits per heavy atom. The number of hydrogen-bond acceptors (Lipinski definition) is 3. The largest absolute Gasteiger partial charge is 3.00 e. The van der Waals surface area contributed by atoms with E-state index < -0.39 is 7.14 Å². The van der Waals surface area contributed by atoms with Gasteiger partial charge in [-0.05, 0) is 27.9 Å². The van der Waals surface area contributed by atoms with E-state index in [0.29, 0.717) is 0 Å². The molecule has 7 aromatic carbocycles. The first-order valence-corrected chi connectivity index (χ1v) is 20.7. The summed E-state index contributed by atoms with van der Waals surface area (Å²) in [7, 11) is -1.42. The Balaban J connectivity index is 0.000000343. The fraction of sp³-hybridized carbons (Fsp3) is 0.0962. The van der Waals surface area contributed by atoms with Crippen molar-refractivity contribution in [3.8, 4) is 39.4 Å². The number of aromatic nitrogens is 1. The van der Waals surface area contributed by atoms with E-state index in [1.54, 1.807) is 7.11 Å². The van der Waals surface area contributed by atoms with Crippen molar-refractivity contribution in [1.82, 2.24) is 4.98 Å². The molecular formula is C52H44AuN2O2P. The summed E-state index contributed by atoms with van der Waals surface area (Å²) in [5.74, 6) is 0.744. The molecule has 0 aliphatic rings. The number of hydrogen-bond donors (Lipinski definition) is 0. The number of ether oxygens (including phenoxy) is 1. The predicted molar refractivity (Wildman–Crippen MR) is 238 cm³/mol. The summed E-state index contributed by atoms with van der Waals surface area (Å²) < 4.78 is 20.2. The van der Waals surface area contributed by atoms with Crippen molar-refractivity contribution in [2.45, 2.75) is 26.2 Å². The second kappa shape index (κ2) is 19.1. The van der Waals surface area contributed by atoms with Gasteiger partial charge in [-0.15, -0.1) is 76.6 Å². The van der Waals surface area contributed by atoms with Crippen LogP contribution in [0.15, 0.2) is 194 Å². The standard InChI is InChI=1S/C40H34NO2P.C12H10N.Au/c1-40(2,3)33-21-15-30(16-22-33)38-27-32(28-39(41-38)31-17-23-34(43-4)24-18-31)29-19-25-37(26-20-29)44(42,35-11-7-5-8-12-35)36-13-9-6-10-14-36;1-3-7-11(8-4-1)13-12-9-5-2-6-10-12;/h5-15,17,19-28H,1-4H3;1-10H;/q-2;-1;+3. The quantitative estimate of drug-likeness (QED) is 0.0823. The Labute approximate surface area is 358 Å². The van der Waals surface area contributed by atoms with Crippen molar-refractivity contribution in [1.29, 1.82) is 0 Å². The molecule has 1 aromatic heterocycles. The summed E-state index contributed by atoms with van der Waals surface area (Å²) in [5.41, 5.74) is 8.67. The molecule has 58 heavy (non-hydrogen) atoms. The van der Waals surface area contributed by atoms with E-state index in [-0.39, 0.29) is 27.8 Å². The zero-order valence-corrected chi connectivity index (χ0v) is 36.0. The SMILES string of the molecule is COc1c[c-]c(-c2cc(-c3ccc(P(=O)(c4ccccc4)c4ccccc4)cc3)cc(-c3[c-]cc(C(C)(C)C)cc3)n2)cc1.[Au+3].c1ccc([N-]c2ccccc2)cc1. The molecule has 1 heterocycles. The van der Waals surface area contributed by atoms with E-state index in [1.807, 2.05) is 152 Å². The van der Waals surface area contributed by atoms with Crippen LogP contribution < -0.4 is 20.7 Å². The van der Waals surface area contributed by atoms with Gasteiger partial charge in [0.05, 0.1) is 7.11 Å². The van der Waals surface area contributed by atoms with Crippen LogP contribution in [-0.2, 0) is 32.4 Å². The van der Waals surface area contributed by atoms with Crippen LogP contribution in [-0.4, -0.2) is 12.1 Å². The molecule has 6 heteroatoms. The van der Waals surface area contributed by atoms with Crippen molar-refractivity contribution < 1.29 is 31.7 Å². The van der Waals surface area contributed by atoms with Crippen molar-refractivity contribution in [3.63, 3.8) is 0 Å². The normalized spacial score (nSPS) is 11.0. The Morgan fingerprint density at radius 3 is 1.40 bits per heavy atom. The van der Waals surface area contributed by atoms with Gasteiger partial charge in [0, 0.05) is 21.7 Å². The molecule has 290 valence electrons. The summed E-state index contributed by atoms with van der Waals surface area (Å²) in [6.07, 6.45) is 0. The number of methoxy groups -OCH3 is 1. The number of benzene rings is 7. The van der Waals surface area contributed by atoms with Crippen molar-refractivity contribution >= 4 is 34.4 Å². The fourth-order valence-electron chi connectivity index (χ4n) is 6.46. The van der Waals surface area contributed by atoms with Crippen molar-refractivity contribution in [2.24, 2.45) is 0 Å². The molecule has 0 fully saturated rings. The average molecular weight is 957 g/mol. The number of para-hydroxylation sites is 2. The molecule has 0 unspecified atom stereocenters. The number of pyridine rings is 1. The molecule has 0 aliphatic heterocycles. The summed E-state index contributed by atoms with van der Waals surface area (Å²) in [6, 6.07) is 70.5. The zero-order valence-electron chi connectivity index (χ0n) is 32.9. The van der Waals surface area contributed by atoms with Gasteiger partial charge < -0.3 is 19.6 Å². The van der Waals surface area contributed by atoms with Gasteiger partial charge in [-0.25, -0.2) is 0 Å². The van der Waals surface area contributed by atoms with E-state index in [0.717, 1.165) is 66.7 Å². The zero-order chi connectivity index (χ0) is 39.7. The van der Waals surface area contributed by atoms with Gasteiger partial charge in [0.1, 0.15) is 0 Å². The van der Waals surface area contributed by atoms with Gasteiger partial charge in [-0.3, -0.25) is 0 Å². The van der Waals surface area contributed by atoms with Crippen molar-refractivity contribution in [2.75, 3.05) is 7.11 Å². The molecular weight excluding hydrogens is 913 g/mol. The first-order valence-electron chi connectivity index (χ1n) is 19.0. The minimum absolute atomic E-state index is 0. The van der Waals surface area contributed by atoms with Crippen LogP contribution in [0.1, 0.15) is 26.3 Å². The molecule has 0 saturated heterocycles. The third-order valence-corrected chi connectivity index (χ3v) is 12.7. The van der Waals surface area contributed by atoms with Gasteiger partial charge in [0.2, 0.25) is 0 Å². The topological polar surface area (TPSA) is 53.3 Å². The number of rotatable bonds is 9. The van der Waals surface area contributed by atoms with Gasteiger partial charge in [0.25, 0.3) is 0 Å². The molecule has 0 aliphatic carbocycles. The Morgan fingerprint density at radius 1 is 0.534 bits per heavy atom. The summed E-state index contributed by atoms with van der Waals surface area (Å²) in [6.45, 7) is 6.60. The van der Waals surface area contributed by atoms with E-state index in [1.165, 1.54) is 5.56 Å². The molecule has 8 aromatic rings. The maximum Gasteiger partial charge on any atom is 3.00 e. The molecule has 0 amide bonds. The van der Waals surface area contributed by atoms with Gasteiger partial charge in [-0.2, -0.15) is 0 Å². The first kappa shape index (κ1) is 41.9. The molecule has 8 rings (SSSR count). The smallest absolute Gasteiger partial charge is 0.658 e. The third kappa shape index (κ3) is 10.0. The van der Waals surface area contributed by atoms with Crippen LogP contribution in [0.4, 0.5) is 11.4 Å². The van der Waals surface area contributed by atoms with Crippen LogP contribution in [0.3, 0.4) is 0 Å². The Hall–Kier alpha value is -5.74. The van der Waals surface area contributed by atoms with Crippen molar-refractivity contribution in [3.05, 3.63) is 217 Å². The maximum atomic E-state index is 14.9. The Bertz CT molecular complexity index is 2460. The first-order chi connectivity index (χ1) is 27.7. The molecule has 0 N–H and O–H groups in total. The monoisotopic (exact) mass is 956 g/mol. The molecule has 0 spiro atoms. The second-order valence-corrected chi connectivity index (χ2v) is 17.4. The van der Waals surface area contributed by atoms with Crippen LogP contribution in [0.25, 0.3) is 39.0 Å². The molecule has 4 nitrogen and oxygen atoms in total. The van der Waals surface area contributed by atoms with E-state index in [9.17, 15) is 4.57 Å². The summed E-state index contributed by atoms with van der Waals surface area (Å²) in [5, 5.41) is 6.87. The number of nitrogens with zero attached hydrogens (tertiary/aromatic N) is 2. The average Bonchev–Trinajstić information content (AvgIpc) is 3.27. The van der Waals surface area contributed by atoms with Crippen LogP contribution in [0.2, 0.25) is 0 Å². The summed E-state index contributed by atoms with van der Waals surface area (Å²) in [4.78, 5) is 5.04. The van der Waals surface area contributed by atoms with Crippen LogP contribution in [0, 0.1) is 12.1 Å². The molecule has 0 radical (unpaired) electrons. The molecule has 0 bridgehead atoms.